The van der Waals surface area contributed by atoms with Gasteiger partial charge in [-0.2, -0.15) is 5.10 Å². The second-order valence-electron chi connectivity index (χ2n) is 4.49. The number of ether oxygens (including phenoxy) is 1. The van der Waals surface area contributed by atoms with E-state index in [2.05, 4.69) is 15.8 Å². The van der Waals surface area contributed by atoms with Crippen LogP contribution in [0.4, 0.5) is 10.5 Å². The fourth-order valence-electron chi connectivity index (χ4n) is 1.77. The summed E-state index contributed by atoms with van der Waals surface area (Å²) >= 11 is 5.83. The summed E-state index contributed by atoms with van der Waals surface area (Å²) in [6, 6.07) is 11.1. The third-order valence-electron chi connectivity index (χ3n) is 2.75. The van der Waals surface area contributed by atoms with Gasteiger partial charge < -0.3 is 15.2 Å². The van der Waals surface area contributed by atoms with Gasteiger partial charge in [0.2, 0.25) is 0 Å². The highest BCUT2D eigenvalue weighted by Gasteiger charge is 2.03. The zero-order valence-corrected chi connectivity index (χ0v) is 13.2. The summed E-state index contributed by atoms with van der Waals surface area (Å²) in [5, 5.41) is 16.6. The van der Waals surface area contributed by atoms with Crippen molar-refractivity contribution in [3.63, 3.8) is 0 Å². The maximum atomic E-state index is 11.7. The number of nitrogens with one attached hydrogen (secondary N) is 2. The monoisotopic (exact) mass is 333 g/mol. The summed E-state index contributed by atoms with van der Waals surface area (Å²) in [6.45, 7) is 2.26. The molecule has 3 N–H and O–H groups in total. The summed E-state index contributed by atoms with van der Waals surface area (Å²) in [7, 11) is 0. The van der Waals surface area contributed by atoms with Gasteiger partial charge in [0, 0.05) is 10.7 Å². The minimum atomic E-state index is -0.493. The number of hydrazone groups is 1. The zero-order valence-electron chi connectivity index (χ0n) is 12.4. The van der Waals surface area contributed by atoms with Crippen molar-refractivity contribution >= 4 is 29.5 Å². The van der Waals surface area contributed by atoms with E-state index < -0.39 is 6.03 Å². The molecule has 120 valence electrons. The number of benzene rings is 2. The van der Waals surface area contributed by atoms with Gasteiger partial charge in [0.1, 0.15) is 0 Å². The molecule has 0 aliphatic rings. The van der Waals surface area contributed by atoms with Gasteiger partial charge in [0.25, 0.3) is 0 Å². The summed E-state index contributed by atoms with van der Waals surface area (Å²) in [5.41, 5.74) is 3.58. The van der Waals surface area contributed by atoms with Crippen molar-refractivity contribution in [3.8, 4) is 11.5 Å². The topological polar surface area (TPSA) is 83.0 Å². The van der Waals surface area contributed by atoms with Crippen LogP contribution >= 0.6 is 11.6 Å². The molecular weight excluding hydrogens is 318 g/mol. The lowest BCUT2D eigenvalue weighted by Gasteiger charge is -2.06. The molecule has 0 saturated carbocycles. The first-order valence-electron chi connectivity index (χ1n) is 6.90. The number of phenolic OH excluding ortho intramolecular Hbond substituents is 1. The van der Waals surface area contributed by atoms with Gasteiger partial charge in [-0.1, -0.05) is 17.7 Å². The van der Waals surface area contributed by atoms with Crippen LogP contribution < -0.4 is 15.5 Å². The van der Waals surface area contributed by atoms with Crippen molar-refractivity contribution < 1.29 is 14.6 Å². The van der Waals surface area contributed by atoms with Crippen LogP contribution in [0.2, 0.25) is 5.02 Å². The SMILES string of the molecule is CCOc1cc(/C=N\NC(=O)Nc2cccc(Cl)c2)ccc1O. The summed E-state index contributed by atoms with van der Waals surface area (Å²) < 4.78 is 5.27. The first-order chi connectivity index (χ1) is 11.1. The zero-order chi connectivity index (χ0) is 16.7. The Morgan fingerprint density at radius 2 is 2.17 bits per heavy atom. The van der Waals surface area contributed by atoms with E-state index in [0.29, 0.717) is 28.6 Å². The van der Waals surface area contributed by atoms with Gasteiger partial charge in [-0.25, -0.2) is 10.2 Å². The Kier molecular flexibility index (Phi) is 5.82. The number of phenols is 1. The molecule has 23 heavy (non-hydrogen) atoms. The molecule has 0 unspecified atom stereocenters. The molecule has 7 heteroatoms. The molecule has 2 rings (SSSR count). The maximum absolute atomic E-state index is 11.7. The molecule has 0 aromatic heterocycles. The van der Waals surface area contributed by atoms with Gasteiger partial charge in [-0.05, 0) is 48.9 Å². The number of amides is 2. The third kappa shape index (κ3) is 5.19. The van der Waals surface area contributed by atoms with Gasteiger partial charge >= 0.3 is 6.03 Å². The number of carbonyl (C=O) groups is 1. The van der Waals surface area contributed by atoms with Crippen molar-refractivity contribution in [1.29, 1.82) is 0 Å². The van der Waals surface area contributed by atoms with E-state index >= 15 is 0 Å². The molecule has 0 radical (unpaired) electrons. The van der Waals surface area contributed by atoms with E-state index in [4.69, 9.17) is 16.3 Å². The highest BCUT2D eigenvalue weighted by molar-refractivity contribution is 6.30. The van der Waals surface area contributed by atoms with Crippen molar-refractivity contribution in [2.24, 2.45) is 5.10 Å². The number of nitrogens with zero attached hydrogens (tertiary/aromatic N) is 1. The van der Waals surface area contributed by atoms with E-state index in [-0.39, 0.29) is 5.75 Å². The van der Waals surface area contributed by atoms with Gasteiger partial charge in [-0.15, -0.1) is 0 Å². The molecule has 0 saturated heterocycles. The number of aromatic hydroxyl groups is 1. The highest BCUT2D eigenvalue weighted by Crippen LogP contribution is 2.26. The Balaban J connectivity index is 1.93. The lowest BCUT2D eigenvalue weighted by molar-refractivity contribution is 0.252. The highest BCUT2D eigenvalue weighted by atomic mass is 35.5. The number of urea groups is 1. The Hall–Kier alpha value is -2.73. The van der Waals surface area contributed by atoms with Crippen LogP contribution in [0.5, 0.6) is 11.5 Å². The van der Waals surface area contributed by atoms with Crippen LogP contribution in [0.3, 0.4) is 0 Å². The quantitative estimate of drug-likeness (QED) is 0.577. The average Bonchev–Trinajstić information content (AvgIpc) is 2.50. The normalized spacial score (nSPS) is 10.5. The minimum absolute atomic E-state index is 0.0515. The smallest absolute Gasteiger partial charge is 0.339 e. The van der Waals surface area contributed by atoms with Crippen molar-refractivity contribution in [3.05, 3.63) is 53.1 Å². The van der Waals surface area contributed by atoms with Gasteiger partial charge in [0.05, 0.1) is 12.8 Å². The molecule has 2 aromatic rings. The second-order valence-corrected chi connectivity index (χ2v) is 4.93. The van der Waals surface area contributed by atoms with Crippen molar-refractivity contribution in [2.45, 2.75) is 6.92 Å². The van der Waals surface area contributed by atoms with Crippen LogP contribution in [0.15, 0.2) is 47.6 Å². The molecule has 0 spiro atoms. The van der Waals surface area contributed by atoms with Crippen LogP contribution in [0.25, 0.3) is 0 Å². The number of halogens is 1. The van der Waals surface area contributed by atoms with Crippen molar-refractivity contribution in [2.75, 3.05) is 11.9 Å². The molecular formula is C16H16ClN3O3. The lowest BCUT2D eigenvalue weighted by atomic mass is 10.2. The molecule has 0 aliphatic carbocycles. The summed E-state index contributed by atoms with van der Waals surface area (Å²) in [6.07, 6.45) is 1.44. The molecule has 2 amide bonds. The largest absolute Gasteiger partial charge is 0.504 e. The first kappa shape index (κ1) is 16.6. The second kappa shape index (κ2) is 8.05. The molecule has 0 heterocycles. The summed E-state index contributed by atoms with van der Waals surface area (Å²) in [5.74, 6) is 0.412. The Morgan fingerprint density at radius 3 is 2.91 bits per heavy atom. The van der Waals surface area contributed by atoms with E-state index in [9.17, 15) is 9.90 Å². The number of carbonyl (C=O) groups excluding carboxylic acids is 1. The third-order valence-corrected chi connectivity index (χ3v) is 2.98. The first-order valence-corrected chi connectivity index (χ1v) is 7.27. The van der Waals surface area contributed by atoms with E-state index in [1.165, 1.54) is 12.3 Å². The molecule has 0 fully saturated rings. The minimum Gasteiger partial charge on any atom is -0.504 e. The van der Waals surface area contributed by atoms with Crippen LogP contribution in [-0.2, 0) is 0 Å². The Bertz CT molecular complexity index is 719. The van der Waals surface area contributed by atoms with E-state index in [0.717, 1.165) is 0 Å². The Morgan fingerprint density at radius 1 is 1.35 bits per heavy atom. The average molecular weight is 334 g/mol. The van der Waals surface area contributed by atoms with Crippen LogP contribution in [0.1, 0.15) is 12.5 Å². The van der Waals surface area contributed by atoms with Crippen LogP contribution in [-0.4, -0.2) is 24.0 Å². The fourth-order valence-corrected chi connectivity index (χ4v) is 1.96. The maximum Gasteiger partial charge on any atom is 0.339 e. The van der Waals surface area contributed by atoms with E-state index in [1.807, 2.05) is 6.92 Å². The summed E-state index contributed by atoms with van der Waals surface area (Å²) in [4.78, 5) is 11.7. The standard InChI is InChI=1S/C16H16ClN3O3/c1-2-23-15-8-11(6-7-14(15)21)10-18-20-16(22)19-13-5-3-4-12(17)9-13/h3-10,21H,2H2,1H3,(H2,19,20,22)/b18-10-. The number of hydrogen-bond donors (Lipinski definition) is 3. The lowest BCUT2D eigenvalue weighted by Crippen LogP contribution is -2.24. The molecule has 0 atom stereocenters. The van der Waals surface area contributed by atoms with Gasteiger partial charge in [-0.3, -0.25) is 0 Å². The molecule has 6 nitrogen and oxygen atoms in total. The van der Waals surface area contributed by atoms with Gasteiger partial charge in [0.15, 0.2) is 11.5 Å². The fraction of sp³-hybridized carbons (Fsp3) is 0.125. The predicted molar refractivity (Wildman–Crippen MR) is 90.5 cm³/mol. The number of hydrogen-bond acceptors (Lipinski definition) is 4. The number of rotatable bonds is 5. The molecule has 2 aromatic carbocycles. The molecule has 0 bridgehead atoms. The molecule has 0 aliphatic heterocycles. The predicted octanol–water partition coefficient (Wildman–Crippen LogP) is 3.60. The Labute approximate surface area is 138 Å². The van der Waals surface area contributed by atoms with Crippen LogP contribution in [0, 0.1) is 0 Å². The van der Waals surface area contributed by atoms with E-state index in [1.54, 1.807) is 36.4 Å². The number of anilines is 1. The van der Waals surface area contributed by atoms with Crippen molar-refractivity contribution in [1.82, 2.24) is 5.43 Å².